The molecule has 0 bridgehead atoms. The zero-order chi connectivity index (χ0) is 17.4. The first kappa shape index (κ1) is 18.5. The van der Waals surface area contributed by atoms with Crippen LogP contribution in [0.5, 0.6) is 0 Å². The summed E-state index contributed by atoms with van der Waals surface area (Å²) in [6.45, 7) is 4.61. The number of rotatable bonds is 9. The largest absolute Gasteiger partial charge is 0.478 e. The van der Waals surface area contributed by atoms with E-state index >= 15 is 0 Å². The lowest BCUT2D eigenvalue weighted by Gasteiger charge is -2.20. The molecule has 0 radical (unpaired) electrons. The number of carbonyl (C=O) groups is 3. The zero-order valence-corrected chi connectivity index (χ0v) is 12.6. The Morgan fingerprint density at radius 2 is 1.87 bits per heavy atom. The number of carboxylic acids is 1. The Morgan fingerprint density at radius 1 is 1.26 bits per heavy atom. The highest BCUT2D eigenvalue weighted by Crippen LogP contribution is 2.11. The van der Waals surface area contributed by atoms with Crippen molar-refractivity contribution in [1.29, 1.82) is 0 Å². The number of esters is 1. The van der Waals surface area contributed by atoms with E-state index in [9.17, 15) is 19.5 Å². The minimum Gasteiger partial charge on any atom is -0.478 e. The van der Waals surface area contributed by atoms with Crippen molar-refractivity contribution >= 4 is 17.7 Å². The molecule has 0 aliphatic carbocycles. The van der Waals surface area contributed by atoms with Crippen LogP contribution in [0.15, 0.2) is 36.9 Å². The van der Waals surface area contributed by atoms with Crippen LogP contribution in [0, 0.1) is 0 Å². The van der Waals surface area contributed by atoms with Crippen LogP contribution in [0.3, 0.4) is 0 Å². The van der Waals surface area contributed by atoms with Crippen LogP contribution in [-0.4, -0.2) is 53.4 Å². The molecule has 1 aromatic carbocycles. The van der Waals surface area contributed by atoms with Gasteiger partial charge in [-0.05, 0) is 25.1 Å². The van der Waals surface area contributed by atoms with Crippen LogP contribution in [0.1, 0.15) is 27.6 Å². The summed E-state index contributed by atoms with van der Waals surface area (Å²) in [5.74, 6) is -2.73. The number of ether oxygens (including phenoxy) is 2. The monoisotopic (exact) mass is 322 g/mol. The van der Waals surface area contributed by atoms with E-state index < -0.39 is 36.5 Å². The van der Waals surface area contributed by atoms with Gasteiger partial charge in [0.25, 0.3) is 0 Å². The van der Waals surface area contributed by atoms with Crippen molar-refractivity contribution < 1.29 is 34.1 Å². The summed E-state index contributed by atoms with van der Waals surface area (Å²) in [7, 11) is 0. The maximum Gasteiger partial charge on any atom is 0.339 e. The summed E-state index contributed by atoms with van der Waals surface area (Å²) in [5.41, 5.74) is -0.356. The van der Waals surface area contributed by atoms with Crippen molar-refractivity contribution in [2.24, 2.45) is 0 Å². The number of aromatic carboxylic acids is 1. The van der Waals surface area contributed by atoms with Crippen LogP contribution in [0.2, 0.25) is 0 Å². The number of aliphatic hydroxyl groups excluding tert-OH is 1. The van der Waals surface area contributed by atoms with Crippen LogP contribution >= 0.6 is 0 Å². The van der Waals surface area contributed by atoms with Crippen molar-refractivity contribution in [1.82, 2.24) is 0 Å². The minimum atomic E-state index is -1.39. The van der Waals surface area contributed by atoms with Gasteiger partial charge in [0.2, 0.25) is 0 Å². The quantitative estimate of drug-likeness (QED) is 0.516. The Labute approximate surface area is 133 Å². The Kier molecular flexibility index (Phi) is 7.11. The second-order valence-electron chi connectivity index (χ2n) is 4.50. The molecular weight excluding hydrogens is 304 g/mol. The number of ketones is 1. The van der Waals surface area contributed by atoms with Crippen molar-refractivity contribution in [3.05, 3.63) is 48.0 Å². The van der Waals surface area contributed by atoms with Gasteiger partial charge in [-0.2, -0.15) is 0 Å². The smallest absolute Gasteiger partial charge is 0.339 e. The highest BCUT2D eigenvalue weighted by atomic mass is 16.6. The van der Waals surface area contributed by atoms with Gasteiger partial charge in [0, 0.05) is 6.61 Å². The standard InChI is InChI=1S/C16H18O7/c1-3-12(17)14(22-4-2)13(18)9-23-16(21)11-8-6-5-7-10(11)15(19)20/h3,5-8,13-14,18H,1,4,9H2,2H3,(H,19,20). The first-order chi connectivity index (χ1) is 10.9. The van der Waals surface area contributed by atoms with Gasteiger partial charge in [-0.3, -0.25) is 4.79 Å². The predicted molar refractivity (Wildman–Crippen MR) is 80.3 cm³/mol. The van der Waals surface area contributed by atoms with Gasteiger partial charge < -0.3 is 19.7 Å². The third kappa shape index (κ3) is 5.01. The van der Waals surface area contributed by atoms with E-state index in [1.807, 2.05) is 0 Å². The summed E-state index contributed by atoms with van der Waals surface area (Å²) in [6.07, 6.45) is -1.58. The first-order valence-electron chi connectivity index (χ1n) is 6.87. The Hall–Kier alpha value is -2.51. The number of hydrogen-bond donors (Lipinski definition) is 2. The molecule has 0 heterocycles. The van der Waals surface area contributed by atoms with E-state index in [0.29, 0.717) is 0 Å². The second kappa shape index (κ2) is 8.82. The average Bonchev–Trinajstić information content (AvgIpc) is 2.56. The fourth-order valence-corrected chi connectivity index (χ4v) is 1.85. The van der Waals surface area contributed by atoms with Gasteiger partial charge in [-0.15, -0.1) is 0 Å². The molecule has 2 atom stereocenters. The molecule has 2 N–H and O–H groups in total. The van der Waals surface area contributed by atoms with Gasteiger partial charge in [0.1, 0.15) is 18.8 Å². The molecule has 0 saturated carbocycles. The SMILES string of the molecule is C=CC(=O)C(OCC)C(O)COC(=O)c1ccccc1C(=O)O. The third-order valence-corrected chi connectivity index (χ3v) is 2.94. The molecule has 1 rings (SSSR count). The van der Waals surface area contributed by atoms with Gasteiger partial charge in [0.05, 0.1) is 11.1 Å². The van der Waals surface area contributed by atoms with E-state index in [4.69, 9.17) is 14.6 Å². The molecular formula is C16H18O7. The summed E-state index contributed by atoms with van der Waals surface area (Å²) < 4.78 is 9.98. The molecule has 23 heavy (non-hydrogen) atoms. The molecule has 0 amide bonds. The van der Waals surface area contributed by atoms with Crippen LogP contribution in [0.25, 0.3) is 0 Å². The van der Waals surface area contributed by atoms with E-state index in [0.717, 1.165) is 6.08 Å². The molecule has 7 nitrogen and oxygen atoms in total. The topological polar surface area (TPSA) is 110 Å². The van der Waals surface area contributed by atoms with Crippen molar-refractivity contribution in [3.8, 4) is 0 Å². The van der Waals surface area contributed by atoms with E-state index in [2.05, 4.69) is 6.58 Å². The Morgan fingerprint density at radius 3 is 2.39 bits per heavy atom. The number of carboxylic acid groups (broad SMARTS) is 1. The lowest BCUT2D eigenvalue weighted by Crippen LogP contribution is -2.39. The van der Waals surface area contributed by atoms with E-state index in [1.54, 1.807) is 6.92 Å². The lowest BCUT2D eigenvalue weighted by atomic mass is 10.1. The number of benzene rings is 1. The summed E-state index contributed by atoms with van der Waals surface area (Å²) in [5, 5.41) is 19.0. The van der Waals surface area contributed by atoms with Crippen LogP contribution < -0.4 is 0 Å². The average molecular weight is 322 g/mol. The molecule has 0 aliphatic rings. The van der Waals surface area contributed by atoms with Gasteiger partial charge >= 0.3 is 11.9 Å². The van der Waals surface area contributed by atoms with Gasteiger partial charge in [-0.1, -0.05) is 18.7 Å². The first-order valence-corrected chi connectivity index (χ1v) is 6.87. The van der Waals surface area contributed by atoms with Gasteiger partial charge in [-0.25, -0.2) is 9.59 Å². The third-order valence-electron chi connectivity index (χ3n) is 2.94. The molecule has 0 spiro atoms. The van der Waals surface area contributed by atoms with Crippen molar-refractivity contribution in [2.45, 2.75) is 19.1 Å². The maximum absolute atomic E-state index is 12.0. The van der Waals surface area contributed by atoms with Crippen LogP contribution in [0.4, 0.5) is 0 Å². The summed E-state index contributed by atoms with van der Waals surface area (Å²) in [6, 6.07) is 5.53. The molecule has 1 aromatic rings. The second-order valence-corrected chi connectivity index (χ2v) is 4.50. The minimum absolute atomic E-state index is 0.143. The fraction of sp³-hybridized carbons (Fsp3) is 0.312. The molecule has 7 heteroatoms. The van der Waals surface area contributed by atoms with Gasteiger partial charge in [0.15, 0.2) is 5.78 Å². The molecule has 0 fully saturated rings. The summed E-state index contributed by atoms with van der Waals surface area (Å²) >= 11 is 0. The molecule has 2 unspecified atom stereocenters. The van der Waals surface area contributed by atoms with E-state index in [1.165, 1.54) is 24.3 Å². The molecule has 0 aromatic heterocycles. The molecule has 0 saturated heterocycles. The normalized spacial score (nSPS) is 13.0. The molecule has 0 aliphatic heterocycles. The Bertz CT molecular complexity index is 594. The maximum atomic E-state index is 12.0. The number of hydrogen-bond acceptors (Lipinski definition) is 6. The summed E-state index contributed by atoms with van der Waals surface area (Å²) in [4.78, 5) is 34.6. The number of carbonyl (C=O) groups excluding carboxylic acids is 2. The van der Waals surface area contributed by atoms with Crippen molar-refractivity contribution in [3.63, 3.8) is 0 Å². The fourth-order valence-electron chi connectivity index (χ4n) is 1.85. The van der Waals surface area contributed by atoms with Crippen molar-refractivity contribution in [2.75, 3.05) is 13.2 Å². The zero-order valence-electron chi connectivity index (χ0n) is 12.6. The highest BCUT2D eigenvalue weighted by molar-refractivity contribution is 6.02. The van der Waals surface area contributed by atoms with Crippen LogP contribution in [-0.2, 0) is 14.3 Å². The Balaban J connectivity index is 2.77. The molecule has 124 valence electrons. The number of aliphatic hydroxyl groups is 1. The predicted octanol–water partition coefficient (Wildman–Crippen LogP) is 1.06. The lowest BCUT2D eigenvalue weighted by molar-refractivity contribution is -0.135. The highest BCUT2D eigenvalue weighted by Gasteiger charge is 2.27. The van der Waals surface area contributed by atoms with E-state index in [-0.39, 0.29) is 17.7 Å².